The van der Waals surface area contributed by atoms with Crippen molar-refractivity contribution in [2.75, 3.05) is 6.61 Å². The molecule has 1 saturated heterocycles. The average Bonchev–Trinajstić information content (AvgIpc) is 2.33. The number of hydrogen-bond acceptors (Lipinski definition) is 4. The van der Waals surface area contributed by atoms with E-state index in [-0.39, 0.29) is 12.7 Å². The maximum Gasteiger partial charge on any atom is 0.110 e. The minimum Gasteiger partial charge on any atom is -0.394 e. The number of hydrogen-bond donors (Lipinski definition) is 3. The molecule has 17 heavy (non-hydrogen) atoms. The van der Waals surface area contributed by atoms with Gasteiger partial charge >= 0.3 is 0 Å². The van der Waals surface area contributed by atoms with Crippen LogP contribution < -0.4 is 0 Å². The number of aliphatic hydroxyl groups is 3. The summed E-state index contributed by atoms with van der Waals surface area (Å²) < 4.78 is 5.54. The van der Waals surface area contributed by atoms with Gasteiger partial charge in [-0.15, -0.1) is 0 Å². The van der Waals surface area contributed by atoms with Gasteiger partial charge in [-0.1, -0.05) is 23.7 Å². The molecular weight excluding hydrogens is 244 g/mol. The van der Waals surface area contributed by atoms with Crippen LogP contribution in [0, 0.1) is 0 Å². The van der Waals surface area contributed by atoms with Crippen LogP contribution in [0.3, 0.4) is 0 Å². The Labute approximate surface area is 104 Å². The molecule has 0 saturated carbocycles. The Morgan fingerprint density at radius 1 is 1.24 bits per heavy atom. The number of aliphatic hydroxyl groups excluding tert-OH is 3. The van der Waals surface area contributed by atoms with Crippen LogP contribution in [0.1, 0.15) is 18.1 Å². The molecule has 94 valence electrons. The van der Waals surface area contributed by atoms with E-state index in [0.717, 1.165) is 5.56 Å². The zero-order chi connectivity index (χ0) is 12.4. The molecule has 1 unspecified atom stereocenters. The van der Waals surface area contributed by atoms with E-state index in [1.54, 1.807) is 12.1 Å². The first-order valence-electron chi connectivity index (χ1n) is 5.49. The van der Waals surface area contributed by atoms with Gasteiger partial charge in [0.05, 0.1) is 18.8 Å². The van der Waals surface area contributed by atoms with Gasteiger partial charge in [0.15, 0.2) is 0 Å². The number of halogens is 1. The lowest BCUT2D eigenvalue weighted by atomic mass is 9.94. The van der Waals surface area contributed by atoms with E-state index in [1.165, 1.54) is 0 Å². The molecule has 3 N–H and O–H groups in total. The molecule has 1 heterocycles. The summed E-state index contributed by atoms with van der Waals surface area (Å²) in [4.78, 5) is 0. The van der Waals surface area contributed by atoms with Gasteiger partial charge < -0.3 is 20.1 Å². The average molecular weight is 259 g/mol. The first-order valence-corrected chi connectivity index (χ1v) is 5.87. The highest BCUT2D eigenvalue weighted by Crippen LogP contribution is 2.32. The van der Waals surface area contributed by atoms with Gasteiger partial charge in [-0.2, -0.15) is 0 Å². The van der Waals surface area contributed by atoms with E-state index >= 15 is 0 Å². The maximum atomic E-state index is 9.70. The molecule has 1 aliphatic heterocycles. The summed E-state index contributed by atoms with van der Waals surface area (Å²) in [6.07, 6.45) is -2.70. The Bertz CT molecular complexity index is 367. The smallest absolute Gasteiger partial charge is 0.110 e. The zero-order valence-corrected chi connectivity index (χ0v) is 9.92. The van der Waals surface area contributed by atoms with Crippen molar-refractivity contribution in [3.8, 4) is 0 Å². The van der Waals surface area contributed by atoms with Gasteiger partial charge in [0, 0.05) is 11.4 Å². The second kappa shape index (κ2) is 5.33. The first kappa shape index (κ1) is 12.8. The molecule has 4 nitrogen and oxygen atoms in total. The third kappa shape index (κ3) is 2.78. The predicted octanol–water partition coefficient (Wildman–Crippen LogP) is 0.884. The first-order chi connectivity index (χ1) is 8.11. The van der Waals surface area contributed by atoms with Crippen molar-refractivity contribution in [2.24, 2.45) is 0 Å². The maximum absolute atomic E-state index is 9.70. The lowest BCUT2D eigenvalue weighted by Gasteiger charge is -2.36. The summed E-state index contributed by atoms with van der Waals surface area (Å²) in [6.45, 7) is -0.317. The van der Waals surface area contributed by atoms with Crippen molar-refractivity contribution in [1.82, 2.24) is 0 Å². The van der Waals surface area contributed by atoms with Crippen molar-refractivity contribution in [3.63, 3.8) is 0 Å². The van der Waals surface area contributed by atoms with Gasteiger partial charge in [-0.25, -0.2) is 0 Å². The summed E-state index contributed by atoms with van der Waals surface area (Å²) in [5.41, 5.74) is 0.874. The van der Waals surface area contributed by atoms with Gasteiger partial charge in [0.1, 0.15) is 12.2 Å². The summed E-state index contributed by atoms with van der Waals surface area (Å²) in [5.74, 6) is 0. The third-order valence-electron chi connectivity index (χ3n) is 2.99. The Balaban J connectivity index is 2.14. The molecule has 0 bridgehead atoms. The molecule has 0 amide bonds. The Hall–Kier alpha value is -0.650. The molecule has 1 aromatic carbocycles. The Kier molecular flexibility index (Phi) is 4.01. The van der Waals surface area contributed by atoms with Crippen molar-refractivity contribution in [1.29, 1.82) is 0 Å². The third-order valence-corrected chi connectivity index (χ3v) is 3.24. The van der Waals surface area contributed by atoms with Gasteiger partial charge in [-0.05, 0) is 17.7 Å². The quantitative estimate of drug-likeness (QED) is 0.737. The Morgan fingerprint density at radius 2 is 1.88 bits per heavy atom. The normalized spacial score (nSPS) is 33.6. The zero-order valence-electron chi connectivity index (χ0n) is 9.16. The molecule has 1 fully saturated rings. The fourth-order valence-corrected chi connectivity index (χ4v) is 2.12. The molecule has 1 aromatic rings. The van der Waals surface area contributed by atoms with Gasteiger partial charge in [0.25, 0.3) is 0 Å². The van der Waals surface area contributed by atoms with E-state index in [1.807, 2.05) is 12.1 Å². The van der Waals surface area contributed by atoms with Crippen LogP contribution in [-0.4, -0.2) is 40.2 Å². The summed E-state index contributed by atoms with van der Waals surface area (Å²) in [5, 5.41) is 29.0. The highest BCUT2D eigenvalue weighted by Gasteiger charge is 2.36. The summed E-state index contributed by atoms with van der Waals surface area (Å²) in [7, 11) is 0. The summed E-state index contributed by atoms with van der Waals surface area (Å²) in [6, 6.07) is 7.11. The second-order valence-electron chi connectivity index (χ2n) is 4.19. The van der Waals surface area contributed by atoms with Gasteiger partial charge in [-0.3, -0.25) is 0 Å². The monoisotopic (exact) mass is 258 g/mol. The van der Waals surface area contributed by atoms with E-state index in [0.29, 0.717) is 11.4 Å². The van der Waals surface area contributed by atoms with E-state index in [9.17, 15) is 10.2 Å². The molecule has 0 spiro atoms. The lowest BCUT2D eigenvalue weighted by Crippen LogP contribution is -2.47. The number of rotatable bonds is 2. The highest BCUT2D eigenvalue weighted by molar-refractivity contribution is 6.30. The van der Waals surface area contributed by atoms with E-state index in [2.05, 4.69) is 0 Å². The van der Waals surface area contributed by atoms with Crippen LogP contribution in [-0.2, 0) is 4.74 Å². The molecule has 1 aliphatic rings. The fraction of sp³-hybridized carbons (Fsp3) is 0.500. The van der Waals surface area contributed by atoms with Crippen LogP contribution in [0.2, 0.25) is 5.02 Å². The molecule has 2 rings (SSSR count). The largest absolute Gasteiger partial charge is 0.394 e. The highest BCUT2D eigenvalue weighted by atomic mass is 35.5. The van der Waals surface area contributed by atoms with E-state index < -0.39 is 18.3 Å². The van der Waals surface area contributed by atoms with Crippen LogP contribution in [0.5, 0.6) is 0 Å². The minimum absolute atomic E-state index is 0.305. The molecule has 0 radical (unpaired) electrons. The Morgan fingerprint density at radius 3 is 2.47 bits per heavy atom. The van der Waals surface area contributed by atoms with Crippen LogP contribution in [0.25, 0.3) is 0 Å². The predicted molar refractivity (Wildman–Crippen MR) is 62.8 cm³/mol. The SMILES string of the molecule is OC[C@H]1OC(c2ccc(Cl)cc2)C[C@@H](O)[C@@H]1O. The minimum atomic E-state index is -1.04. The van der Waals surface area contributed by atoms with Crippen LogP contribution >= 0.6 is 11.6 Å². The molecule has 0 aliphatic carbocycles. The van der Waals surface area contributed by atoms with Crippen LogP contribution in [0.4, 0.5) is 0 Å². The standard InChI is InChI=1S/C12H15ClO4/c13-8-3-1-7(2-4-8)10-5-9(15)12(16)11(6-14)17-10/h1-4,9-12,14-16H,5-6H2/t9-,10?,11-,12+/m1/s1. The molecule has 0 aromatic heterocycles. The van der Waals surface area contributed by atoms with Crippen molar-refractivity contribution < 1.29 is 20.1 Å². The van der Waals surface area contributed by atoms with Crippen molar-refractivity contribution in [3.05, 3.63) is 34.9 Å². The lowest BCUT2D eigenvalue weighted by molar-refractivity contribution is -0.181. The molecule has 4 atom stereocenters. The second-order valence-corrected chi connectivity index (χ2v) is 4.63. The topological polar surface area (TPSA) is 69.9 Å². The summed E-state index contributed by atoms with van der Waals surface area (Å²) >= 11 is 5.79. The number of ether oxygens (including phenoxy) is 1. The number of benzene rings is 1. The molecular formula is C12H15ClO4. The van der Waals surface area contributed by atoms with Crippen molar-refractivity contribution in [2.45, 2.75) is 30.8 Å². The van der Waals surface area contributed by atoms with Crippen molar-refractivity contribution >= 4 is 11.6 Å². The fourth-order valence-electron chi connectivity index (χ4n) is 2.00. The van der Waals surface area contributed by atoms with Crippen LogP contribution in [0.15, 0.2) is 24.3 Å². The molecule has 5 heteroatoms. The van der Waals surface area contributed by atoms with Gasteiger partial charge in [0.2, 0.25) is 0 Å². The van der Waals surface area contributed by atoms with E-state index in [4.69, 9.17) is 21.4 Å².